The molecule has 0 saturated heterocycles. The number of hydrogen-bond acceptors (Lipinski definition) is 4. The quantitative estimate of drug-likeness (QED) is 0.722. The summed E-state index contributed by atoms with van der Waals surface area (Å²) in [7, 11) is 0. The van der Waals surface area contributed by atoms with Crippen LogP contribution in [0.2, 0.25) is 0 Å². The van der Waals surface area contributed by atoms with E-state index in [0.717, 1.165) is 20.2 Å². The molecule has 0 fully saturated rings. The Morgan fingerprint density at radius 3 is 2.56 bits per heavy atom. The van der Waals surface area contributed by atoms with Gasteiger partial charge in [-0.1, -0.05) is 18.2 Å². The second-order valence-corrected chi connectivity index (χ2v) is 4.98. The lowest BCUT2D eigenvalue weighted by molar-refractivity contribution is 1.15. The lowest BCUT2D eigenvalue weighted by Gasteiger charge is -2.07. The number of fused-ring (bicyclic) bond motifs is 1. The number of hydrogen-bond donors (Lipinski definition) is 1. The molecule has 88 valence electrons. The van der Waals surface area contributed by atoms with Gasteiger partial charge in [0.05, 0.1) is 11.2 Å². The van der Waals surface area contributed by atoms with Crippen LogP contribution in [0.1, 0.15) is 0 Å². The topological polar surface area (TPSA) is 50.7 Å². The third-order valence-corrected chi connectivity index (χ3v) is 3.06. The van der Waals surface area contributed by atoms with Gasteiger partial charge in [0.1, 0.15) is 0 Å². The molecule has 0 aliphatic rings. The normalized spacial score (nSPS) is 10.5. The van der Waals surface area contributed by atoms with Crippen molar-refractivity contribution in [2.75, 3.05) is 5.32 Å². The minimum absolute atomic E-state index is 0.577. The first-order valence-electron chi connectivity index (χ1n) is 5.41. The molecule has 3 rings (SSSR count). The fourth-order valence-electron chi connectivity index (χ4n) is 1.70. The number of aromatic nitrogens is 3. The number of nitrogens with zero attached hydrogens (tertiary/aromatic N) is 3. The first-order valence-corrected chi connectivity index (χ1v) is 6.49. The Hall–Kier alpha value is -1.76. The number of nitrogens with one attached hydrogen (secondary N) is 1. The minimum Gasteiger partial charge on any atom is -0.322 e. The van der Waals surface area contributed by atoms with Crippen LogP contribution in [0.5, 0.6) is 0 Å². The van der Waals surface area contributed by atoms with Gasteiger partial charge in [-0.15, -0.1) is 0 Å². The smallest absolute Gasteiger partial charge is 0.227 e. The molecule has 18 heavy (non-hydrogen) atoms. The van der Waals surface area contributed by atoms with Crippen LogP contribution in [0.4, 0.5) is 11.6 Å². The third-order valence-electron chi connectivity index (χ3n) is 2.50. The van der Waals surface area contributed by atoms with Crippen LogP contribution in [-0.2, 0) is 0 Å². The predicted octanol–water partition coefficient (Wildman–Crippen LogP) is 3.37. The first-order chi connectivity index (χ1) is 8.83. The van der Waals surface area contributed by atoms with Crippen molar-refractivity contribution >= 4 is 45.1 Å². The Balaban J connectivity index is 2.02. The molecule has 0 atom stereocenters. The maximum Gasteiger partial charge on any atom is 0.227 e. The van der Waals surface area contributed by atoms with Crippen molar-refractivity contribution in [3.8, 4) is 0 Å². The molecule has 0 saturated carbocycles. The largest absolute Gasteiger partial charge is 0.322 e. The van der Waals surface area contributed by atoms with E-state index in [1.165, 1.54) is 0 Å². The number of rotatable bonds is 2. The van der Waals surface area contributed by atoms with Gasteiger partial charge < -0.3 is 5.32 Å². The van der Waals surface area contributed by atoms with Crippen molar-refractivity contribution in [3.63, 3.8) is 0 Å². The highest BCUT2D eigenvalue weighted by Crippen LogP contribution is 2.22. The van der Waals surface area contributed by atoms with Crippen LogP contribution in [0, 0.1) is 3.57 Å². The molecule has 0 spiro atoms. The number of para-hydroxylation sites is 1. The van der Waals surface area contributed by atoms with Crippen LogP contribution in [0.15, 0.2) is 48.9 Å². The van der Waals surface area contributed by atoms with Gasteiger partial charge in [0.25, 0.3) is 0 Å². The van der Waals surface area contributed by atoms with Crippen LogP contribution in [-0.4, -0.2) is 15.0 Å². The van der Waals surface area contributed by atoms with E-state index in [-0.39, 0.29) is 0 Å². The highest BCUT2D eigenvalue weighted by Gasteiger charge is 2.03. The zero-order valence-corrected chi connectivity index (χ0v) is 11.5. The zero-order chi connectivity index (χ0) is 12.4. The molecule has 0 bridgehead atoms. The maximum atomic E-state index is 4.38. The standard InChI is InChI=1S/C13H9IN4/c14-10-7-16-13(17-8-10)18-11-5-1-3-9-4-2-6-15-12(9)11/h1-8H,(H,16,17,18). The van der Waals surface area contributed by atoms with Gasteiger partial charge in [-0.3, -0.25) is 4.98 Å². The second kappa shape index (κ2) is 4.85. The molecule has 5 heteroatoms. The van der Waals surface area contributed by atoms with Gasteiger partial charge in [-0.25, -0.2) is 9.97 Å². The summed E-state index contributed by atoms with van der Waals surface area (Å²) in [5.41, 5.74) is 1.83. The van der Waals surface area contributed by atoms with Crippen molar-refractivity contribution in [2.45, 2.75) is 0 Å². The highest BCUT2D eigenvalue weighted by molar-refractivity contribution is 14.1. The summed E-state index contributed by atoms with van der Waals surface area (Å²) >= 11 is 2.18. The third kappa shape index (κ3) is 2.26. The molecule has 0 unspecified atom stereocenters. The zero-order valence-electron chi connectivity index (χ0n) is 9.34. The summed E-state index contributed by atoms with van der Waals surface area (Å²) in [5, 5.41) is 4.28. The van der Waals surface area contributed by atoms with Crippen LogP contribution in [0.25, 0.3) is 10.9 Å². The van der Waals surface area contributed by atoms with E-state index in [9.17, 15) is 0 Å². The van der Waals surface area contributed by atoms with E-state index in [4.69, 9.17) is 0 Å². The summed E-state index contributed by atoms with van der Waals surface area (Å²) in [6.45, 7) is 0. The molecule has 1 aromatic carbocycles. The van der Waals surface area contributed by atoms with E-state index in [1.807, 2.05) is 30.3 Å². The van der Waals surface area contributed by atoms with Crippen molar-refractivity contribution in [1.29, 1.82) is 0 Å². The summed E-state index contributed by atoms with van der Waals surface area (Å²) in [6, 6.07) is 9.94. The predicted molar refractivity (Wildman–Crippen MR) is 79.8 cm³/mol. The first kappa shape index (κ1) is 11.3. The fraction of sp³-hybridized carbons (Fsp3) is 0. The Morgan fingerprint density at radius 2 is 1.72 bits per heavy atom. The molecule has 0 aliphatic carbocycles. The monoisotopic (exact) mass is 348 g/mol. The molecular formula is C13H9IN4. The molecule has 3 aromatic rings. The van der Waals surface area contributed by atoms with Gasteiger partial charge in [-0.05, 0) is 34.7 Å². The summed E-state index contributed by atoms with van der Waals surface area (Å²) < 4.78 is 1.01. The molecule has 2 heterocycles. The van der Waals surface area contributed by atoms with Gasteiger partial charge in [0.2, 0.25) is 5.95 Å². The van der Waals surface area contributed by atoms with Gasteiger partial charge in [0, 0.05) is 27.5 Å². The molecule has 0 amide bonds. The Morgan fingerprint density at radius 1 is 0.944 bits per heavy atom. The minimum atomic E-state index is 0.577. The Bertz CT molecular complexity index is 677. The molecule has 2 aromatic heterocycles. The summed E-state index contributed by atoms with van der Waals surface area (Å²) in [6.07, 6.45) is 5.32. The average Bonchev–Trinajstić information content (AvgIpc) is 2.42. The lowest BCUT2D eigenvalue weighted by Crippen LogP contribution is -1.98. The lowest BCUT2D eigenvalue weighted by atomic mass is 10.2. The van der Waals surface area contributed by atoms with Crippen LogP contribution in [0.3, 0.4) is 0 Å². The fourth-order valence-corrected chi connectivity index (χ4v) is 1.98. The molecule has 1 N–H and O–H groups in total. The van der Waals surface area contributed by atoms with Gasteiger partial charge >= 0.3 is 0 Å². The van der Waals surface area contributed by atoms with Crippen molar-refractivity contribution < 1.29 is 0 Å². The second-order valence-electron chi connectivity index (χ2n) is 3.73. The van der Waals surface area contributed by atoms with E-state index >= 15 is 0 Å². The van der Waals surface area contributed by atoms with E-state index < -0.39 is 0 Å². The van der Waals surface area contributed by atoms with Gasteiger partial charge in [-0.2, -0.15) is 0 Å². The van der Waals surface area contributed by atoms with Crippen LogP contribution < -0.4 is 5.32 Å². The number of halogens is 1. The Labute approximate surface area is 118 Å². The maximum absolute atomic E-state index is 4.38. The van der Waals surface area contributed by atoms with E-state index in [1.54, 1.807) is 18.6 Å². The number of benzene rings is 1. The molecule has 0 aliphatic heterocycles. The highest BCUT2D eigenvalue weighted by atomic mass is 127. The van der Waals surface area contributed by atoms with Crippen LogP contribution >= 0.6 is 22.6 Å². The van der Waals surface area contributed by atoms with Crippen molar-refractivity contribution in [2.24, 2.45) is 0 Å². The number of anilines is 2. The SMILES string of the molecule is Ic1cnc(Nc2cccc3cccnc23)nc1. The van der Waals surface area contributed by atoms with E-state index in [0.29, 0.717) is 5.95 Å². The number of pyridine rings is 1. The van der Waals surface area contributed by atoms with E-state index in [2.05, 4.69) is 42.9 Å². The summed E-state index contributed by atoms with van der Waals surface area (Å²) in [5.74, 6) is 0.577. The molecule has 4 nitrogen and oxygen atoms in total. The summed E-state index contributed by atoms with van der Waals surface area (Å²) in [4.78, 5) is 12.8. The van der Waals surface area contributed by atoms with Gasteiger partial charge in [0.15, 0.2) is 0 Å². The van der Waals surface area contributed by atoms with Crippen molar-refractivity contribution in [3.05, 3.63) is 52.5 Å². The Kier molecular flexibility index (Phi) is 3.06. The molecule has 0 radical (unpaired) electrons. The average molecular weight is 348 g/mol. The molecular weight excluding hydrogens is 339 g/mol. The van der Waals surface area contributed by atoms with Crippen molar-refractivity contribution in [1.82, 2.24) is 15.0 Å².